The highest BCUT2D eigenvalue weighted by molar-refractivity contribution is 8.00. The number of hydrogen-bond donors (Lipinski definition) is 2. The van der Waals surface area contributed by atoms with Crippen molar-refractivity contribution in [1.29, 1.82) is 0 Å². The highest BCUT2D eigenvalue weighted by Gasteiger charge is 2.54. The van der Waals surface area contributed by atoms with Gasteiger partial charge in [0.1, 0.15) is 0 Å². The topological polar surface area (TPSA) is 62.3 Å². The molecule has 3 aliphatic rings. The maximum atomic E-state index is 12.0. The van der Waals surface area contributed by atoms with Crippen LogP contribution < -0.4 is 9.61 Å². The van der Waals surface area contributed by atoms with Gasteiger partial charge in [0.15, 0.2) is 11.5 Å². The first-order valence-electron chi connectivity index (χ1n) is 8.42. The summed E-state index contributed by atoms with van der Waals surface area (Å²) in [5.41, 5.74) is 1.16. The zero-order valence-electron chi connectivity index (χ0n) is 13.3. The van der Waals surface area contributed by atoms with Crippen LogP contribution >= 0.6 is 23.1 Å². The summed E-state index contributed by atoms with van der Waals surface area (Å²) in [5, 5.41) is 11.6. The number of fused-ring (bicyclic) bond motifs is 6. The van der Waals surface area contributed by atoms with Gasteiger partial charge in [-0.15, -0.1) is 11.8 Å². The fraction of sp³-hybridized carbons (Fsp3) is 0.500. The number of phenols is 1. The molecule has 2 aliphatic carbocycles. The third-order valence-electron chi connectivity index (χ3n) is 6.03. The van der Waals surface area contributed by atoms with Crippen molar-refractivity contribution in [2.75, 3.05) is 7.11 Å². The van der Waals surface area contributed by atoms with E-state index in [4.69, 9.17) is 4.74 Å². The number of ether oxygens (including phenoxy) is 1. The van der Waals surface area contributed by atoms with E-state index in [0.717, 1.165) is 22.4 Å². The van der Waals surface area contributed by atoms with Crippen LogP contribution in [0.2, 0.25) is 0 Å². The van der Waals surface area contributed by atoms with Crippen molar-refractivity contribution >= 4 is 23.1 Å². The molecule has 1 aliphatic heterocycles. The second-order valence-electron chi connectivity index (χ2n) is 7.11. The Hall–Kier alpha value is -1.40. The Bertz CT molecular complexity index is 858. The van der Waals surface area contributed by atoms with E-state index >= 15 is 0 Å². The number of nitrogens with one attached hydrogen (secondary N) is 1. The van der Waals surface area contributed by atoms with E-state index < -0.39 is 0 Å². The van der Waals surface area contributed by atoms with Crippen LogP contribution in [0.3, 0.4) is 0 Å². The monoisotopic (exact) mass is 361 g/mol. The lowest BCUT2D eigenvalue weighted by Gasteiger charge is -2.40. The van der Waals surface area contributed by atoms with Crippen molar-refractivity contribution in [3.05, 3.63) is 38.3 Å². The Morgan fingerprint density at radius 1 is 1.29 bits per heavy atom. The molecular weight excluding hydrogens is 342 g/mol. The summed E-state index contributed by atoms with van der Waals surface area (Å²) in [6.45, 7) is 0. The van der Waals surface area contributed by atoms with E-state index in [0.29, 0.717) is 16.9 Å². The number of methoxy groups -OCH3 is 1. The number of hydrogen-bond acceptors (Lipinski definition) is 5. The highest BCUT2D eigenvalue weighted by atomic mass is 32.2. The maximum absolute atomic E-state index is 12.0. The van der Waals surface area contributed by atoms with Crippen molar-refractivity contribution in [1.82, 2.24) is 4.98 Å². The summed E-state index contributed by atoms with van der Waals surface area (Å²) in [4.78, 5) is 16.3. The molecule has 6 heteroatoms. The van der Waals surface area contributed by atoms with Crippen LogP contribution in [0.5, 0.6) is 11.5 Å². The van der Waals surface area contributed by atoms with Gasteiger partial charge in [-0.25, -0.2) is 0 Å². The van der Waals surface area contributed by atoms with Crippen molar-refractivity contribution in [2.45, 2.75) is 35.5 Å². The lowest BCUT2D eigenvalue weighted by atomic mass is 9.75. The number of thioether (sulfide) groups is 1. The summed E-state index contributed by atoms with van der Waals surface area (Å²) in [6, 6.07) is 5.66. The summed E-state index contributed by atoms with van der Waals surface area (Å²) < 4.78 is 5.32. The number of thiazole rings is 1. The Labute approximate surface area is 148 Å². The summed E-state index contributed by atoms with van der Waals surface area (Å²) in [7, 11) is 1.58. The largest absolute Gasteiger partial charge is 0.504 e. The average Bonchev–Trinajstić information content (AvgIpc) is 3.26. The van der Waals surface area contributed by atoms with Gasteiger partial charge in [-0.2, -0.15) is 0 Å². The lowest BCUT2D eigenvalue weighted by molar-refractivity contribution is 0.306. The molecule has 0 saturated heterocycles. The molecule has 5 rings (SSSR count). The van der Waals surface area contributed by atoms with Gasteiger partial charge in [0.05, 0.1) is 12.1 Å². The lowest BCUT2D eigenvalue weighted by Crippen LogP contribution is -2.33. The molecule has 2 saturated carbocycles. The van der Waals surface area contributed by atoms with Crippen molar-refractivity contribution in [2.24, 2.45) is 17.8 Å². The van der Waals surface area contributed by atoms with Gasteiger partial charge in [-0.3, -0.25) is 4.79 Å². The van der Waals surface area contributed by atoms with Gasteiger partial charge in [-0.05, 0) is 54.7 Å². The summed E-state index contributed by atoms with van der Waals surface area (Å²) >= 11 is 3.25. The number of benzene rings is 1. The smallest absolute Gasteiger partial charge is 0.305 e. The van der Waals surface area contributed by atoms with Crippen LogP contribution in [0.15, 0.2) is 28.0 Å². The molecule has 0 radical (unpaired) electrons. The number of aromatic hydroxyl groups is 1. The van der Waals surface area contributed by atoms with Gasteiger partial charge in [0, 0.05) is 16.0 Å². The third kappa shape index (κ3) is 2.02. The van der Waals surface area contributed by atoms with Gasteiger partial charge >= 0.3 is 4.87 Å². The number of aromatic amines is 1. The van der Waals surface area contributed by atoms with E-state index in [-0.39, 0.29) is 16.5 Å². The van der Waals surface area contributed by atoms with Crippen LogP contribution in [0.1, 0.15) is 35.6 Å². The number of aromatic nitrogens is 1. The first kappa shape index (κ1) is 14.9. The Balaban J connectivity index is 1.68. The van der Waals surface area contributed by atoms with Crippen molar-refractivity contribution in [3.8, 4) is 11.5 Å². The molecule has 126 valence electrons. The molecule has 4 nitrogen and oxygen atoms in total. The molecule has 0 unspecified atom stereocenters. The number of phenolic OH excluding ortho intramolecular Hbond substituents is 1. The van der Waals surface area contributed by atoms with Gasteiger partial charge in [0.2, 0.25) is 0 Å². The van der Waals surface area contributed by atoms with E-state index in [9.17, 15) is 9.90 Å². The standard InChI is InChI=1S/C18H19NO3S2/c1-22-12-7-9(4-5-11(12)20)14-13-8-2-3-10(6-8)15(13)23-17-16(14)24-18(21)19-17/h4-5,7-8,10,13-15,20H,2-3,6H2,1H3,(H,19,21)/t8-,10-,13-,14+,15+/m1/s1. The fourth-order valence-corrected chi connectivity index (χ4v) is 8.00. The van der Waals surface area contributed by atoms with Crippen molar-refractivity contribution in [3.63, 3.8) is 0 Å². The quantitative estimate of drug-likeness (QED) is 0.854. The van der Waals surface area contributed by atoms with Crippen LogP contribution in [0, 0.1) is 17.8 Å². The SMILES string of the molecule is COc1cc([C@@H]2c3sc(=O)[nH]c3S[C@H]3[C@@H]4CC[C@H](C4)[C@H]23)ccc1O. The molecule has 5 atom stereocenters. The molecule has 1 aromatic carbocycles. The Kier molecular flexibility index (Phi) is 3.29. The molecule has 2 fully saturated rings. The maximum Gasteiger partial charge on any atom is 0.305 e. The Morgan fingerprint density at radius 3 is 2.96 bits per heavy atom. The number of H-pyrrole nitrogens is 1. The molecule has 0 spiro atoms. The minimum absolute atomic E-state index is 0.0376. The second kappa shape index (κ2) is 5.30. The first-order valence-corrected chi connectivity index (χ1v) is 10.1. The van der Waals surface area contributed by atoms with Crippen LogP contribution in [0.4, 0.5) is 0 Å². The van der Waals surface area contributed by atoms with E-state index in [1.807, 2.05) is 23.9 Å². The first-order chi connectivity index (χ1) is 11.7. The van der Waals surface area contributed by atoms with Crippen molar-refractivity contribution < 1.29 is 9.84 Å². The summed E-state index contributed by atoms with van der Waals surface area (Å²) in [6.07, 6.45) is 3.97. The predicted molar refractivity (Wildman–Crippen MR) is 95.4 cm³/mol. The molecule has 0 amide bonds. The zero-order chi connectivity index (χ0) is 16.4. The van der Waals surface area contributed by atoms with Crippen LogP contribution in [-0.4, -0.2) is 22.5 Å². The van der Waals surface area contributed by atoms with Gasteiger partial charge in [-0.1, -0.05) is 17.4 Å². The minimum Gasteiger partial charge on any atom is -0.504 e. The third-order valence-corrected chi connectivity index (χ3v) is 8.65. The normalized spacial score (nSPS) is 33.3. The Morgan fingerprint density at radius 2 is 2.12 bits per heavy atom. The zero-order valence-corrected chi connectivity index (χ0v) is 15.0. The summed E-state index contributed by atoms with van der Waals surface area (Å²) in [5.74, 6) is 3.03. The number of rotatable bonds is 2. The molecule has 2 N–H and O–H groups in total. The molecule has 24 heavy (non-hydrogen) atoms. The van der Waals surface area contributed by atoms with E-state index in [2.05, 4.69) is 4.98 Å². The van der Waals surface area contributed by atoms with E-state index in [1.165, 1.54) is 35.5 Å². The van der Waals surface area contributed by atoms with Crippen LogP contribution in [-0.2, 0) is 0 Å². The van der Waals surface area contributed by atoms with Gasteiger partial charge in [0.25, 0.3) is 0 Å². The fourth-order valence-electron chi connectivity index (χ4n) is 5.11. The molecular formula is C18H19NO3S2. The molecule has 2 heterocycles. The second-order valence-corrected chi connectivity index (χ2v) is 9.31. The van der Waals surface area contributed by atoms with E-state index in [1.54, 1.807) is 13.2 Å². The molecule has 2 aromatic rings. The highest BCUT2D eigenvalue weighted by Crippen LogP contribution is 2.63. The molecule has 1 aromatic heterocycles. The van der Waals surface area contributed by atoms with Crippen LogP contribution in [0.25, 0.3) is 0 Å². The average molecular weight is 361 g/mol. The minimum atomic E-state index is 0.0376. The predicted octanol–water partition coefficient (Wildman–Crippen LogP) is 3.80. The van der Waals surface area contributed by atoms with Gasteiger partial charge < -0.3 is 14.8 Å². The molecule has 2 bridgehead atoms.